The monoisotopic (exact) mass is 364 g/mol. The number of hydrogen-bond donors (Lipinski definition) is 3. The number of rotatable bonds is 7. The van der Waals surface area contributed by atoms with Gasteiger partial charge in [-0.3, -0.25) is 10.1 Å². The van der Waals surface area contributed by atoms with E-state index < -0.39 is 6.03 Å². The molecule has 25 heavy (non-hydrogen) atoms. The number of amides is 3. The lowest BCUT2D eigenvalue weighted by Gasteiger charge is -2.12. The SMILES string of the molecule is CCCNC(=O)NC(=O)C[NH+](C)Cc1ccc(-c2ccc(Cl)cc2)o1. The second-order valence-corrected chi connectivity index (χ2v) is 6.32. The first-order valence-electron chi connectivity index (χ1n) is 8.21. The minimum atomic E-state index is -0.456. The van der Waals surface area contributed by atoms with Crippen LogP contribution >= 0.6 is 11.6 Å². The zero-order chi connectivity index (χ0) is 18.2. The Kier molecular flexibility index (Phi) is 7.03. The van der Waals surface area contributed by atoms with E-state index in [0.29, 0.717) is 18.1 Å². The third-order valence-electron chi connectivity index (χ3n) is 3.52. The van der Waals surface area contributed by atoms with Gasteiger partial charge in [-0.05, 0) is 42.8 Å². The number of imide groups is 1. The standard InChI is InChI=1S/C18H22ClN3O3/c1-3-10-20-18(24)21-17(23)12-22(2)11-15-8-9-16(25-15)13-4-6-14(19)7-5-13/h4-9H,3,10-12H2,1-2H3,(H2,20,21,23,24)/p+1. The fourth-order valence-electron chi connectivity index (χ4n) is 2.33. The van der Waals surface area contributed by atoms with Gasteiger partial charge >= 0.3 is 6.03 Å². The number of benzene rings is 1. The van der Waals surface area contributed by atoms with Gasteiger partial charge < -0.3 is 14.6 Å². The molecule has 0 bridgehead atoms. The highest BCUT2D eigenvalue weighted by Crippen LogP contribution is 2.23. The molecule has 0 fully saturated rings. The van der Waals surface area contributed by atoms with E-state index in [4.69, 9.17) is 16.0 Å². The minimum absolute atomic E-state index is 0.177. The molecule has 0 aliphatic rings. The van der Waals surface area contributed by atoms with Crippen LogP contribution in [0.5, 0.6) is 0 Å². The van der Waals surface area contributed by atoms with Crippen molar-refractivity contribution in [2.45, 2.75) is 19.9 Å². The lowest BCUT2D eigenvalue weighted by Crippen LogP contribution is -3.09. The average molecular weight is 365 g/mol. The first-order chi connectivity index (χ1) is 12.0. The molecule has 1 aromatic carbocycles. The van der Waals surface area contributed by atoms with Gasteiger partial charge in [0.25, 0.3) is 5.91 Å². The summed E-state index contributed by atoms with van der Waals surface area (Å²) in [6.07, 6.45) is 0.821. The van der Waals surface area contributed by atoms with Gasteiger partial charge in [0, 0.05) is 17.1 Å². The second-order valence-electron chi connectivity index (χ2n) is 5.89. The van der Waals surface area contributed by atoms with Crippen molar-refractivity contribution in [3.05, 3.63) is 47.2 Å². The summed E-state index contributed by atoms with van der Waals surface area (Å²) in [6.45, 7) is 3.21. The molecule has 1 heterocycles. The quantitative estimate of drug-likeness (QED) is 0.701. The third kappa shape index (κ3) is 6.25. The van der Waals surface area contributed by atoms with E-state index in [1.807, 2.05) is 50.4 Å². The molecule has 1 aromatic heterocycles. The molecule has 0 aliphatic heterocycles. The molecule has 6 nitrogen and oxygen atoms in total. The maximum absolute atomic E-state index is 11.8. The van der Waals surface area contributed by atoms with Crippen LogP contribution in [0, 0.1) is 0 Å². The summed E-state index contributed by atoms with van der Waals surface area (Å²) < 4.78 is 5.82. The number of nitrogens with one attached hydrogen (secondary N) is 3. The van der Waals surface area contributed by atoms with Crippen molar-refractivity contribution in [2.24, 2.45) is 0 Å². The van der Waals surface area contributed by atoms with Crippen molar-refractivity contribution >= 4 is 23.5 Å². The number of urea groups is 1. The minimum Gasteiger partial charge on any atom is -0.455 e. The summed E-state index contributed by atoms with van der Waals surface area (Å²) in [6, 6.07) is 10.7. The van der Waals surface area contributed by atoms with Gasteiger partial charge in [-0.25, -0.2) is 4.79 Å². The summed E-state index contributed by atoms with van der Waals surface area (Å²) >= 11 is 5.89. The molecule has 0 radical (unpaired) electrons. The number of hydrogen-bond acceptors (Lipinski definition) is 3. The van der Waals surface area contributed by atoms with Gasteiger partial charge in [-0.2, -0.15) is 0 Å². The predicted octanol–water partition coefficient (Wildman–Crippen LogP) is 1.85. The molecule has 1 unspecified atom stereocenters. The van der Waals surface area contributed by atoms with Gasteiger partial charge in [0.2, 0.25) is 0 Å². The number of likely N-dealkylation sites (N-methyl/N-ethyl adjacent to an activating group) is 1. The first-order valence-corrected chi connectivity index (χ1v) is 8.59. The van der Waals surface area contributed by atoms with Crippen LogP contribution in [-0.2, 0) is 11.3 Å². The van der Waals surface area contributed by atoms with Crippen molar-refractivity contribution in [2.75, 3.05) is 20.1 Å². The third-order valence-corrected chi connectivity index (χ3v) is 3.77. The van der Waals surface area contributed by atoms with Gasteiger partial charge in [0.1, 0.15) is 12.3 Å². The van der Waals surface area contributed by atoms with Crippen molar-refractivity contribution in [3.8, 4) is 11.3 Å². The topological polar surface area (TPSA) is 75.8 Å². The van der Waals surface area contributed by atoms with Crippen LogP contribution in [-0.4, -0.2) is 32.1 Å². The van der Waals surface area contributed by atoms with Crippen molar-refractivity contribution in [3.63, 3.8) is 0 Å². The van der Waals surface area contributed by atoms with Crippen LogP contribution < -0.4 is 15.5 Å². The van der Waals surface area contributed by atoms with Crippen LogP contribution in [0.2, 0.25) is 5.02 Å². The Bertz CT molecular complexity index is 713. The Morgan fingerprint density at radius 3 is 2.56 bits per heavy atom. The number of carbonyl (C=O) groups excluding carboxylic acids is 2. The lowest BCUT2D eigenvalue weighted by molar-refractivity contribution is -0.886. The molecule has 3 amide bonds. The Morgan fingerprint density at radius 1 is 1.16 bits per heavy atom. The van der Waals surface area contributed by atoms with Crippen molar-refractivity contribution < 1.29 is 18.9 Å². The molecule has 1 atom stereocenters. The van der Waals surface area contributed by atoms with E-state index in [9.17, 15) is 9.59 Å². The molecule has 134 valence electrons. The average Bonchev–Trinajstić information content (AvgIpc) is 3.01. The fraction of sp³-hybridized carbons (Fsp3) is 0.333. The van der Waals surface area contributed by atoms with Crippen molar-refractivity contribution in [1.29, 1.82) is 0 Å². The fourth-order valence-corrected chi connectivity index (χ4v) is 2.46. The number of halogens is 1. The highest BCUT2D eigenvalue weighted by molar-refractivity contribution is 6.30. The van der Waals surface area contributed by atoms with E-state index in [-0.39, 0.29) is 12.5 Å². The largest absolute Gasteiger partial charge is 0.455 e. The lowest BCUT2D eigenvalue weighted by atomic mass is 10.2. The van der Waals surface area contributed by atoms with E-state index in [0.717, 1.165) is 28.4 Å². The second kappa shape index (κ2) is 9.25. The Morgan fingerprint density at radius 2 is 1.88 bits per heavy atom. The summed E-state index contributed by atoms with van der Waals surface area (Å²) in [5.41, 5.74) is 0.943. The molecule has 0 spiro atoms. The number of carbonyl (C=O) groups is 2. The zero-order valence-corrected chi connectivity index (χ0v) is 15.2. The predicted molar refractivity (Wildman–Crippen MR) is 96.4 cm³/mol. The van der Waals surface area contributed by atoms with Gasteiger partial charge in [0.05, 0.1) is 7.05 Å². The highest BCUT2D eigenvalue weighted by atomic mass is 35.5. The Balaban J connectivity index is 1.84. The molecule has 3 N–H and O–H groups in total. The van der Waals surface area contributed by atoms with Crippen LogP contribution in [0.1, 0.15) is 19.1 Å². The molecule has 2 aromatic rings. The number of furan rings is 1. The molecule has 0 aliphatic carbocycles. The van der Waals surface area contributed by atoms with E-state index in [1.54, 1.807) is 0 Å². The van der Waals surface area contributed by atoms with Crippen LogP contribution in [0.25, 0.3) is 11.3 Å². The molecule has 0 saturated carbocycles. The molecular formula is C18H23ClN3O3+. The van der Waals surface area contributed by atoms with Gasteiger partial charge in [-0.15, -0.1) is 0 Å². The Hall–Kier alpha value is -2.31. The summed E-state index contributed by atoms with van der Waals surface area (Å²) in [5.74, 6) is 1.20. The summed E-state index contributed by atoms with van der Waals surface area (Å²) in [7, 11) is 1.87. The smallest absolute Gasteiger partial charge is 0.321 e. The number of quaternary nitrogens is 1. The molecule has 2 rings (SSSR count). The molecular weight excluding hydrogens is 342 g/mol. The summed E-state index contributed by atoms with van der Waals surface area (Å²) in [5, 5.41) is 5.59. The van der Waals surface area contributed by atoms with E-state index in [2.05, 4.69) is 10.6 Å². The summed E-state index contributed by atoms with van der Waals surface area (Å²) in [4.78, 5) is 24.2. The maximum atomic E-state index is 11.8. The highest BCUT2D eigenvalue weighted by Gasteiger charge is 2.15. The van der Waals surface area contributed by atoms with E-state index >= 15 is 0 Å². The van der Waals surface area contributed by atoms with Gasteiger partial charge in [-0.1, -0.05) is 18.5 Å². The van der Waals surface area contributed by atoms with Gasteiger partial charge in [0.15, 0.2) is 12.3 Å². The van der Waals surface area contributed by atoms with Crippen molar-refractivity contribution in [1.82, 2.24) is 10.6 Å². The molecule has 7 heteroatoms. The maximum Gasteiger partial charge on any atom is 0.321 e. The molecule has 0 saturated heterocycles. The van der Waals surface area contributed by atoms with Crippen LogP contribution in [0.3, 0.4) is 0 Å². The van der Waals surface area contributed by atoms with Crippen LogP contribution in [0.4, 0.5) is 4.79 Å². The Labute approximate surface area is 152 Å². The van der Waals surface area contributed by atoms with Crippen LogP contribution in [0.15, 0.2) is 40.8 Å². The van der Waals surface area contributed by atoms with E-state index in [1.165, 1.54) is 0 Å². The zero-order valence-electron chi connectivity index (χ0n) is 14.4. The normalized spacial score (nSPS) is 11.8. The first kappa shape index (κ1) is 19.0.